The van der Waals surface area contributed by atoms with Crippen molar-refractivity contribution in [3.8, 4) is 0 Å². The van der Waals surface area contributed by atoms with Gasteiger partial charge in [-0.25, -0.2) is 9.13 Å². The molecule has 17 nitrogen and oxygen atoms in total. The first-order valence-corrected chi connectivity index (χ1v) is 42.3. The van der Waals surface area contributed by atoms with Gasteiger partial charge in [0.25, 0.3) is 0 Å². The molecule has 19 heteroatoms. The van der Waals surface area contributed by atoms with Crippen LogP contribution in [0.15, 0.2) is 0 Å². The molecule has 0 aromatic rings. The monoisotopic (exact) mass is 1380 g/mol. The van der Waals surface area contributed by atoms with Crippen LogP contribution in [-0.4, -0.2) is 96.7 Å². The number of carbonyl (C=O) groups excluding carboxylic acids is 4. The van der Waals surface area contributed by atoms with Gasteiger partial charge in [-0.1, -0.05) is 349 Å². The van der Waals surface area contributed by atoms with E-state index >= 15 is 0 Å². The number of carbonyl (C=O) groups is 4. The highest BCUT2D eigenvalue weighted by molar-refractivity contribution is 7.47. The maximum atomic E-state index is 13.1. The minimum Gasteiger partial charge on any atom is -0.462 e. The van der Waals surface area contributed by atoms with Crippen molar-refractivity contribution in [3.63, 3.8) is 0 Å². The average molecular weight is 1380 g/mol. The summed E-state index contributed by atoms with van der Waals surface area (Å²) in [6.07, 6.45) is 59.7. The minimum atomic E-state index is -4.95. The Kier molecular flexibility index (Phi) is 68.1. The Hall–Kier alpha value is -1.94. The maximum absolute atomic E-state index is 13.1. The Morgan fingerprint density at radius 2 is 0.426 bits per heavy atom. The molecule has 0 spiro atoms. The first-order chi connectivity index (χ1) is 45.7. The number of aliphatic hydroxyl groups excluding tert-OH is 1. The summed E-state index contributed by atoms with van der Waals surface area (Å²) in [6, 6.07) is 0. The molecule has 2 unspecified atom stereocenters. The molecule has 5 atom stereocenters. The smallest absolute Gasteiger partial charge is 0.462 e. The van der Waals surface area contributed by atoms with Crippen LogP contribution in [0.4, 0.5) is 0 Å². The van der Waals surface area contributed by atoms with Gasteiger partial charge in [0.2, 0.25) is 0 Å². The van der Waals surface area contributed by atoms with Crippen LogP contribution in [0.1, 0.15) is 400 Å². The molecule has 94 heavy (non-hydrogen) atoms. The van der Waals surface area contributed by atoms with Crippen LogP contribution in [0, 0.1) is 0 Å². The van der Waals surface area contributed by atoms with Crippen LogP contribution in [0.5, 0.6) is 0 Å². The predicted octanol–water partition coefficient (Wildman–Crippen LogP) is 22.2. The summed E-state index contributed by atoms with van der Waals surface area (Å²) in [7, 11) is -9.90. The highest BCUT2D eigenvalue weighted by Crippen LogP contribution is 2.45. The molecule has 3 N–H and O–H groups in total. The average Bonchev–Trinajstić information content (AvgIpc) is 3.77. The molecular formula is C75H146O17P2. The number of aliphatic hydroxyl groups is 1. The zero-order chi connectivity index (χ0) is 69.0. The molecule has 0 aromatic carbocycles. The van der Waals surface area contributed by atoms with Crippen LogP contribution < -0.4 is 0 Å². The van der Waals surface area contributed by atoms with E-state index in [-0.39, 0.29) is 25.7 Å². The molecule has 558 valence electrons. The third kappa shape index (κ3) is 68.6. The van der Waals surface area contributed by atoms with Crippen LogP contribution in [0.2, 0.25) is 0 Å². The Bertz CT molecular complexity index is 1790. The number of hydrogen-bond donors (Lipinski definition) is 3. The molecule has 0 aliphatic heterocycles. The molecule has 0 fully saturated rings. The summed E-state index contributed by atoms with van der Waals surface area (Å²) < 4.78 is 68.4. The van der Waals surface area contributed by atoms with Crippen molar-refractivity contribution in [1.29, 1.82) is 0 Å². The number of ether oxygens (including phenoxy) is 4. The minimum absolute atomic E-state index is 0.108. The number of hydrogen-bond acceptors (Lipinski definition) is 15. The number of phosphoric ester groups is 2. The summed E-state index contributed by atoms with van der Waals surface area (Å²) in [6.45, 7) is 4.95. The third-order valence-electron chi connectivity index (χ3n) is 17.6. The fourth-order valence-electron chi connectivity index (χ4n) is 11.6. The zero-order valence-electron chi connectivity index (χ0n) is 60.9. The summed E-state index contributed by atoms with van der Waals surface area (Å²) in [5.41, 5.74) is 0. The number of phosphoric acid groups is 2. The Labute approximate surface area is 575 Å². The molecule has 0 saturated carbocycles. The lowest BCUT2D eigenvalue weighted by Crippen LogP contribution is -2.30. The summed E-state index contributed by atoms with van der Waals surface area (Å²) in [5, 5.41) is 10.6. The second-order valence-electron chi connectivity index (χ2n) is 27.0. The van der Waals surface area contributed by atoms with E-state index in [0.29, 0.717) is 25.7 Å². The predicted molar refractivity (Wildman–Crippen MR) is 382 cm³/mol. The molecule has 0 amide bonds. The van der Waals surface area contributed by atoms with E-state index < -0.39 is 97.5 Å². The zero-order valence-corrected chi connectivity index (χ0v) is 62.7. The number of rotatable bonds is 76. The largest absolute Gasteiger partial charge is 0.472 e. The first kappa shape index (κ1) is 92.1. The maximum Gasteiger partial charge on any atom is 0.472 e. The van der Waals surface area contributed by atoms with Crippen LogP contribution in [-0.2, 0) is 65.4 Å². The molecule has 0 heterocycles. The lowest BCUT2D eigenvalue weighted by atomic mass is 10.0. The summed E-state index contributed by atoms with van der Waals surface area (Å²) >= 11 is 0. The topological polar surface area (TPSA) is 237 Å². The van der Waals surface area contributed by atoms with E-state index in [4.69, 9.17) is 37.0 Å². The van der Waals surface area contributed by atoms with Gasteiger partial charge >= 0.3 is 39.5 Å². The molecule has 0 bridgehead atoms. The van der Waals surface area contributed by atoms with Gasteiger partial charge in [0.05, 0.1) is 26.4 Å². The van der Waals surface area contributed by atoms with E-state index in [2.05, 4.69) is 27.7 Å². The molecule has 0 aromatic heterocycles. The Morgan fingerprint density at radius 3 is 0.628 bits per heavy atom. The van der Waals surface area contributed by atoms with Gasteiger partial charge in [-0.15, -0.1) is 0 Å². The van der Waals surface area contributed by atoms with Crippen LogP contribution in [0.3, 0.4) is 0 Å². The third-order valence-corrected chi connectivity index (χ3v) is 19.5. The lowest BCUT2D eigenvalue weighted by Gasteiger charge is -2.21. The van der Waals surface area contributed by atoms with Gasteiger partial charge in [-0.05, 0) is 25.7 Å². The normalized spacial score (nSPS) is 13.9. The fourth-order valence-corrected chi connectivity index (χ4v) is 13.2. The second-order valence-corrected chi connectivity index (χ2v) is 29.9. The highest BCUT2D eigenvalue weighted by atomic mass is 31.2. The van der Waals surface area contributed by atoms with Gasteiger partial charge < -0.3 is 33.8 Å². The molecule has 0 radical (unpaired) electrons. The quantitative estimate of drug-likeness (QED) is 0.0222. The van der Waals surface area contributed by atoms with Crippen molar-refractivity contribution in [2.45, 2.75) is 418 Å². The number of esters is 4. The van der Waals surface area contributed by atoms with Gasteiger partial charge in [0.1, 0.15) is 19.3 Å². The molecule has 0 saturated heterocycles. The SMILES string of the molecule is CCCCCCCCCCCCCCCCCCCCCCCC(=O)O[C@H](COC(=O)CCCCCCCCCCCCCCC)COP(=O)(O)OC[C@@H](O)COP(=O)(O)OC[C@@H](COC(=O)CCCCCCCCCC)OC(=O)CCCCCCCCCCCCCC. The van der Waals surface area contributed by atoms with Crippen molar-refractivity contribution >= 4 is 39.5 Å². The standard InChI is InChI=1S/C75H146O17P2/c1-5-9-13-17-21-25-28-31-32-33-34-35-36-37-38-40-43-46-50-54-58-62-75(80)92-71(66-86-73(78)60-56-52-48-44-42-39-29-26-22-18-14-10-6-2)68-90-94(83,84)88-64-69(76)63-87-93(81,82)89-67-70(65-85-72(77)59-55-51-47-24-20-16-12-8-4)91-74(79)61-57-53-49-45-41-30-27-23-19-15-11-7-3/h69-71,76H,5-68H2,1-4H3,(H,81,82)(H,83,84)/t69-,70+,71+/m0/s1. The second kappa shape index (κ2) is 69.5. The van der Waals surface area contributed by atoms with E-state index in [1.54, 1.807) is 0 Å². The van der Waals surface area contributed by atoms with Crippen molar-refractivity contribution in [1.82, 2.24) is 0 Å². The van der Waals surface area contributed by atoms with E-state index in [9.17, 15) is 43.2 Å². The van der Waals surface area contributed by atoms with Crippen molar-refractivity contribution in [2.75, 3.05) is 39.6 Å². The van der Waals surface area contributed by atoms with Crippen molar-refractivity contribution in [2.24, 2.45) is 0 Å². The molecular weight excluding hydrogens is 1230 g/mol. The van der Waals surface area contributed by atoms with Gasteiger partial charge in [-0.2, -0.15) is 0 Å². The molecule has 0 aliphatic rings. The number of unbranched alkanes of at least 4 members (excludes halogenated alkanes) is 50. The lowest BCUT2D eigenvalue weighted by molar-refractivity contribution is -0.161. The van der Waals surface area contributed by atoms with Crippen LogP contribution in [0.25, 0.3) is 0 Å². The highest BCUT2D eigenvalue weighted by Gasteiger charge is 2.30. The van der Waals surface area contributed by atoms with Gasteiger partial charge in [-0.3, -0.25) is 37.3 Å². The summed E-state index contributed by atoms with van der Waals surface area (Å²) in [4.78, 5) is 72.6. The van der Waals surface area contributed by atoms with Gasteiger partial charge in [0, 0.05) is 25.7 Å². The Balaban J connectivity index is 5.16. The van der Waals surface area contributed by atoms with E-state index in [1.807, 2.05) is 0 Å². The van der Waals surface area contributed by atoms with Crippen molar-refractivity contribution < 1.29 is 80.2 Å². The molecule has 0 aliphatic carbocycles. The van der Waals surface area contributed by atoms with E-state index in [0.717, 1.165) is 96.3 Å². The van der Waals surface area contributed by atoms with E-state index in [1.165, 1.54) is 225 Å². The Morgan fingerprint density at radius 1 is 0.255 bits per heavy atom. The van der Waals surface area contributed by atoms with Gasteiger partial charge in [0.15, 0.2) is 12.2 Å². The fraction of sp³-hybridized carbons (Fsp3) is 0.947. The first-order valence-electron chi connectivity index (χ1n) is 39.3. The summed E-state index contributed by atoms with van der Waals surface area (Å²) in [5.74, 6) is -2.12. The van der Waals surface area contributed by atoms with Crippen molar-refractivity contribution in [3.05, 3.63) is 0 Å². The van der Waals surface area contributed by atoms with Crippen LogP contribution >= 0.6 is 15.6 Å². The molecule has 0 rings (SSSR count).